The molecule has 6 heteroatoms. The van der Waals surface area contributed by atoms with Crippen LogP contribution in [0.1, 0.15) is 16.6 Å². The molecule has 102 valence electrons. The van der Waals surface area contributed by atoms with Crippen LogP contribution in [0.3, 0.4) is 0 Å². The summed E-state index contributed by atoms with van der Waals surface area (Å²) >= 11 is 1.43. The largest absolute Gasteiger partial charge is 0.399 e. The third-order valence-electron chi connectivity index (χ3n) is 2.63. The minimum Gasteiger partial charge on any atom is -0.399 e. The van der Waals surface area contributed by atoms with Crippen LogP contribution < -0.4 is 11.1 Å². The first kappa shape index (κ1) is 14.0. The molecule has 2 unspecified atom stereocenters. The third-order valence-corrected chi connectivity index (χ3v) is 4.71. The number of nitrogens with one attached hydrogen (secondary N) is 1. The fourth-order valence-electron chi connectivity index (χ4n) is 1.86. The number of carbonyl (C=O) groups is 1. The summed E-state index contributed by atoms with van der Waals surface area (Å²) in [4.78, 5) is 12.7. The van der Waals surface area contributed by atoms with Gasteiger partial charge < -0.3 is 11.1 Å². The van der Waals surface area contributed by atoms with Crippen molar-refractivity contribution in [1.29, 1.82) is 0 Å². The Morgan fingerprint density at radius 2 is 2.21 bits per heavy atom. The van der Waals surface area contributed by atoms with E-state index in [1.807, 2.05) is 31.2 Å². The summed E-state index contributed by atoms with van der Waals surface area (Å²) in [6.07, 6.45) is 1.63. The Bertz CT molecular complexity index is 637. The van der Waals surface area contributed by atoms with E-state index in [9.17, 15) is 9.00 Å². The van der Waals surface area contributed by atoms with E-state index in [0.29, 0.717) is 16.3 Å². The molecule has 2 rings (SSSR count). The molecular formula is C13H16N2O2S2. The lowest BCUT2D eigenvalue weighted by atomic mass is 10.2. The number of thiophene rings is 1. The van der Waals surface area contributed by atoms with Crippen molar-refractivity contribution in [3.8, 4) is 0 Å². The molecule has 2 aromatic rings. The molecule has 0 aliphatic rings. The highest BCUT2D eigenvalue weighted by molar-refractivity contribution is 7.84. The first-order chi connectivity index (χ1) is 8.95. The number of anilines is 1. The molecule has 1 amide bonds. The van der Waals surface area contributed by atoms with Crippen LogP contribution >= 0.6 is 11.3 Å². The Hall–Kier alpha value is -1.40. The molecule has 0 spiro atoms. The molecule has 0 bridgehead atoms. The monoisotopic (exact) mass is 296 g/mol. The lowest BCUT2D eigenvalue weighted by Gasteiger charge is -2.10. The highest BCUT2D eigenvalue weighted by Crippen LogP contribution is 2.27. The summed E-state index contributed by atoms with van der Waals surface area (Å²) in [6, 6.07) is 7.32. The van der Waals surface area contributed by atoms with E-state index < -0.39 is 10.8 Å². The Morgan fingerprint density at radius 1 is 1.47 bits per heavy atom. The quantitative estimate of drug-likeness (QED) is 0.847. The molecule has 0 saturated heterocycles. The number of amides is 1. The van der Waals surface area contributed by atoms with Crippen molar-refractivity contribution in [2.75, 3.05) is 17.7 Å². The van der Waals surface area contributed by atoms with Crippen LogP contribution in [-0.4, -0.2) is 28.2 Å². The van der Waals surface area contributed by atoms with Crippen LogP contribution in [-0.2, 0) is 10.8 Å². The molecule has 1 aromatic heterocycles. The summed E-state index contributed by atoms with van der Waals surface area (Å²) < 4.78 is 12.1. The molecular weight excluding hydrogens is 280 g/mol. The fourth-order valence-corrected chi connectivity index (χ4v) is 3.60. The minimum absolute atomic E-state index is 0.103. The Balaban J connectivity index is 2.15. The van der Waals surface area contributed by atoms with Gasteiger partial charge in [-0.3, -0.25) is 9.00 Å². The van der Waals surface area contributed by atoms with E-state index in [1.165, 1.54) is 11.3 Å². The van der Waals surface area contributed by atoms with Gasteiger partial charge >= 0.3 is 0 Å². The number of hydrogen-bond acceptors (Lipinski definition) is 4. The lowest BCUT2D eigenvalue weighted by molar-refractivity contribution is 0.0948. The van der Waals surface area contributed by atoms with Gasteiger partial charge in [-0.1, -0.05) is 0 Å². The second-order valence-corrected chi connectivity index (χ2v) is 7.09. The van der Waals surface area contributed by atoms with E-state index in [1.54, 1.807) is 6.26 Å². The fraction of sp³-hybridized carbons (Fsp3) is 0.308. The number of nitrogen functional groups attached to an aromatic ring is 1. The van der Waals surface area contributed by atoms with Crippen molar-refractivity contribution in [3.05, 3.63) is 29.1 Å². The molecule has 0 radical (unpaired) electrons. The van der Waals surface area contributed by atoms with Crippen LogP contribution in [0.5, 0.6) is 0 Å². The van der Waals surface area contributed by atoms with Gasteiger partial charge in [-0.2, -0.15) is 0 Å². The molecule has 0 saturated carbocycles. The molecule has 4 nitrogen and oxygen atoms in total. The van der Waals surface area contributed by atoms with Crippen molar-refractivity contribution >= 4 is 43.8 Å². The van der Waals surface area contributed by atoms with Gasteiger partial charge in [0, 0.05) is 39.2 Å². The highest BCUT2D eigenvalue weighted by atomic mass is 32.2. The maximum absolute atomic E-state index is 12.1. The summed E-state index contributed by atoms with van der Waals surface area (Å²) in [6.45, 7) is 1.85. The Kier molecular flexibility index (Phi) is 4.21. The van der Waals surface area contributed by atoms with E-state index >= 15 is 0 Å². The van der Waals surface area contributed by atoms with E-state index in [-0.39, 0.29) is 11.9 Å². The molecule has 0 aliphatic carbocycles. The topological polar surface area (TPSA) is 72.2 Å². The highest BCUT2D eigenvalue weighted by Gasteiger charge is 2.13. The van der Waals surface area contributed by atoms with Crippen molar-refractivity contribution in [2.45, 2.75) is 13.0 Å². The number of hydrogen-bond donors (Lipinski definition) is 2. The number of carbonyl (C=O) groups excluding carboxylic acids is 1. The van der Waals surface area contributed by atoms with Gasteiger partial charge in [-0.15, -0.1) is 11.3 Å². The van der Waals surface area contributed by atoms with Crippen LogP contribution in [0.2, 0.25) is 0 Å². The first-order valence-electron chi connectivity index (χ1n) is 5.85. The van der Waals surface area contributed by atoms with Crippen LogP contribution in [0, 0.1) is 0 Å². The van der Waals surface area contributed by atoms with Gasteiger partial charge in [-0.25, -0.2) is 0 Å². The molecule has 3 N–H and O–H groups in total. The third kappa shape index (κ3) is 3.54. The molecule has 1 heterocycles. The molecule has 0 fully saturated rings. The predicted octanol–water partition coefficient (Wildman–Crippen LogP) is 1.98. The standard InChI is InChI=1S/C13H16N2O2S2/c1-8(7-19(2)17)15-13(16)12-6-9-5-10(14)3-4-11(9)18-12/h3-6,8H,7,14H2,1-2H3,(H,15,16). The molecule has 2 atom stereocenters. The van der Waals surface area contributed by atoms with Crippen LogP contribution in [0.25, 0.3) is 10.1 Å². The molecule has 19 heavy (non-hydrogen) atoms. The van der Waals surface area contributed by atoms with E-state index in [0.717, 1.165) is 10.1 Å². The van der Waals surface area contributed by atoms with E-state index in [2.05, 4.69) is 5.32 Å². The number of rotatable bonds is 4. The average molecular weight is 296 g/mol. The van der Waals surface area contributed by atoms with Crippen molar-refractivity contribution < 1.29 is 9.00 Å². The SMILES string of the molecule is CC(CS(C)=O)NC(=O)c1cc2cc(N)ccc2s1. The second-order valence-electron chi connectivity index (χ2n) is 4.52. The van der Waals surface area contributed by atoms with E-state index in [4.69, 9.17) is 5.73 Å². The van der Waals surface area contributed by atoms with Crippen molar-refractivity contribution in [2.24, 2.45) is 0 Å². The Labute approximate surface area is 118 Å². The summed E-state index contributed by atoms with van der Waals surface area (Å²) in [5, 5.41) is 3.82. The minimum atomic E-state index is -0.914. The maximum atomic E-state index is 12.1. The van der Waals surface area contributed by atoms with Crippen molar-refractivity contribution in [3.63, 3.8) is 0 Å². The zero-order valence-electron chi connectivity index (χ0n) is 10.8. The summed E-state index contributed by atoms with van der Waals surface area (Å²) in [7, 11) is -0.914. The van der Waals surface area contributed by atoms with Crippen molar-refractivity contribution in [1.82, 2.24) is 5.32 Å². The number of benzene rings is 1. The normalized spacial score (nSPS) is 14.2. The predicted molar refractivity (Wildman–Crippen MR) is 82.1 cm³/mol. The maximum Gasteiger partial charge on any atom is 0.261 e. The average Bonchev–Trinajstić information content (AvgIpc) is 2.70. The Morgan fingerprint density at radius 3 is 2.89 bits per heavy atom. The first-order valence-corrected chi connectivity index (χ1v) is 8.40. The van der Waals surface area contributed by atoms with Gasteiger partial charge in [0.1, 0.15) is 0 Å². The molecule has 0 aliphatic heterocycles. The lowest BCUT2D eigenvalue weighted by Crippen LogP contribution is -2.35. The van der Waals surface area contributed by atoms with Gasteiger partial charge in [0.2, 0.25) is 0 Å². The molecule has 1 aromatic carbocycles. The zero-order valence-corrected chi connectivity index (χ0v) is 12.4. The second kappa shape index (κ2) is 5.71. The van der Waals surface area contributed by atoms with Crippen LogP contribution in [0.15, 0.2) is 24.3 Å². The number of nitrogens with two attached hydrogens (primary N) is 1. The number of fused-ring (bicyclic) bond motifs is 1. The van der Waals surface area contributed by atoms with Gasteiger partial charge in [0.05, 0.1) is 4.88 Å². The van der Waals surface area contributed by atoms with Crippen LogP contribution in [0.4, 0.5) is 5.69 Å². The van der Waals surface area contributed by atoms with Gasteiger partial charge in [0.15, 0.2) is 0 Å². The van der Waals surface area contributed by atoms with Gasteiger partial charge in [-0.05, 0) is 36.6 Å². The van der Waals surface area contributed by atoms with Gasteiger partial charge in [0.25, 0.3) is 5.91 Å². The zero-order chi connectivity index (χ0) is 14.0. The smallest absolute Gasteiger partial charge is 0.261 e. The summed E-state index contributed by atoms with van der Waals surface area (Å²) in [5.41, 5.74) is 6.40. The summed E-state index contributed by atoms with van der Waals surface area (Å²) in [5.74, 6) is 0.335.